The van der Waals surface area contributed by atoms with Crippen LogP contribution in [0.3, 0.4) is 0 Å². The van der Waals surface area contributed by atoms with Gasteiger partial charge in [-0.1, -0.05) is 12.1 Å². The van der Waals surface area contributed by atoms with E-state index in [1.807, 2.05) is 30.5 Å². The molecule has 98 valence electrons. The Morgan fingerprint density at radius 3 is 2.61 bits per heavy atom. The van der Waals surface area contributed by atoms with Crippen LogP contribution in [0.5, 0.6) is 0 Å². The lowest BCUT2D eigenvalue weighted by atomic mass is 10.3. The molecule has 2 N–H and O–H groups in total. The molecule has 1 amide bonds. The molecule has 0 fully saturated rings. The van der Waals surface area contributed by atoms with Crippen molar-refractivity contribution in [2.75, 3.05) is 31.7 Å². The number of carbonyl (C=O) groups is 2. The van der Waals surface area contributed by atoms with E-state index in [-0.39, 0.29) is 19.0 Å². The third-order valence-corrected chi connectivity index (χ3v) is 3.00. The third kappa shape index (κ3) is 4.77. The van der Waals surface area contributed by atoms with Gasteiger partial charge in [0.2, 0.25) is 5.91 Å². The summed E-state index contributed by atoms with van der Waals surface area (Å²) in [5, 5.41) is 11.4. The monoisotopic (exact) mass is 268 g/mol. The molecule has 0 heterocycles. The Morgan fingerprint density at radius 2 is 2.00 bits per heavy atom. The number of carbonyl (C=O) groups excluding carboxylic acids is 1. The van der Waals surface area contributed by atoms with Gasteiger partial charge in [0.25, 0.3) is 0 Å². The van der Waals surface area contributed by atoms with Crippen LogP contribution in [-0.2, 0) is 9.59 Å². The van der Waals surface area contributed by atoms with Gasteiger partial charge in [0.15, 0.2) is 0 Å². The van der Waals surface area contributed by atoms with Gasteiger partial charge in [-0.05, 0) is 25.4 Å². The first-order chi connectivity index (χ1) is 8.52. The van der Waals surface area contributed by atoms with E-state index in [1.165, 1.54) is 4.90 Å². The number of likely N-dealkylation sites (N-methyl/N-ethyl adjacent to an activating group) is 1. The number of nitrogens with zero attached hydrogens (tertiary/aromatic N) is 1. The quantitative estimate of drug-likeness (QED) is 0.762. The second-order valence-corrected chi connectivity index (χ2v) is 4.66. The van der Waals surface area contributed by atoms with E-state index in [4.69, 9.17) is 5.11 Å². The van der Waals surface area contributed by atoms with Crippen LogP contribution in [0.4, 0.5) is 5.69 Å². The predicted molar refractivity (Wildman–Crippen MR) is 72.0 cm³/mol. The lowest BCUT2D eigenvalue weighted by Gasteiger charge is -2.14. The van der Waals surface area contributed by atoms with Crippen LogP contribution in [0.1, 0.15) is 0 Å². The van der Waals surface area contributed by atoms with Crippen molar-refractivity contribution in [2.24, 2.45) is 0 Å². The zero-order chi connectivity index (χ0) is 13.5. The summed E-state index contributed by atoms with van der Waals surface area (Å²) in [7, 11) is 1.59. The molecule has 18 heavy (non-hydrogen) atoms. The van der Waals surface area contributed by atoms with Crippen molar-refractivity contribution in [2.45, 2.75) is 4.90 Å². The molecule has 0 atom stereocenters. The van der Waals surface area contributed by atoms with Crippen molar-refractivity contribution in [1.29, 1.82) is 0 Å². The first-order valence-electron chi connectivity index (χ1n) is 5.36. The fourth-order valence-electron chi connectivity index (χ4n) is 1.47. The van der Waals surface area contributed by atoms with Gasteiger partial charge in [-0.3, -0.25) is 14.5 Å². The average molecular weight is 268 g/mol. The molecular formula is C12H16N2O3S. The van der Waals surface area contributed by atoms with E-state index in [1.54, 1.807) is 18.8 Å². The normalized spacial score (nSPS) is 10.4. The number of carboxylic acids is 1. The molecule has 5 nitrogen and oxygen atoms in total. The first-order valence-corrected chi connectivity index (χ1v) is 6.58. The first kappa shape index (κ1) is 14.5. The highest BCUT2D eigenvalue weighted by atomic mass is 32.2. The minimum absolute atomic E-state index is 0.0506. The van der Waals surface area contributed by atoms with Crippen molar-refractivity contribution in [1.82, 2.24) is 4.90 Å². The lowest BCUT2D eigenvalue weighted by Crippen LogP contribution is -2.33. The van der Waals surface area contributed by atoms with Crippen molar-refractivity contribution in [3.05, 3.63) is 24.3 Å². The number of nitrogens with one attached hydrogen (secondary N) is 1. The smallest absolute Gasteiger partial charge is 0.317 e. The second-order valence-electron chi connectivity index (χ2n) is 3.81. The van der Waals surface area contributed by atoms with Crippen LogP contribution < -0.4 is 5.32 Å². The molecule has 0 radical (unpaired) electrons. The van der Waals surface area contributed by atoms with Gasteiger partial charge in [-0.2, -0.15) is 0 Å². The maximum absolute atomic E-state index is 11.7. The van der Waals surface area contributed by atoms with Crippen molar-refractivity contribution in [3.63, 3.8) is 0 Å². The largest absolute Gasteiger partial charge is 0.480 e. The number of rotatable bonds is 6. The SMILES string of the molecule is CSc1ccccc1NC(=O)CN(C)CC(=O)O. The number of para-hydroxylation sites is 1. The van der Waals surface area contributed by atoms with Crippen LogP contribution in [-0.4, -0.2) is 48.3 Å². The molecule has 0 aromatic heterocycles. The van der Waals surface area contributed by atoms with Crippen molar-refractivity contribution in [3.8, 4) is 0 Å². The predicted octanol–water partition coefficient (Wildman–Crippen LogP) is 1.36. The molecule has 6 heteroatoms. The molecular weight excluding hydrogens is 252 g/mol. The van der Waals surface area contributed by atoms with E-state index in [9.17, 15) is 9.59 Å². The minimum atomic E-state index is -0.949. The molecule has 0 unspecified atom stereocenters. The Balaban J connectivity index is 2.56. The molecule has 0 aliphatic heterocycles. The number of carboxylic acid groups (broad SMARTS) is 1. The second kappa shape index (κ2) is 7.03. The molecule has 0 spiro atoms. The van der Waals surface area contributed by atoms with E-state index in [0.717, 1.165) is 10.6 Å². The zero-order valence-electron chi connectivity index (χ0n) is 10.3. The number of amides is 1. The maximum atomic E-state index is 11.7. The number of hydrogen-bond donors (Lipinski definition) is 2. The number of hydrogen-bond acceptors (Lipinski definition) is 4. The summed E-state index contributed by atoms with van der Waals surface area (Å²) in [6.07, 6.45) is 1.93. The Morgan fingerprint density at radius 1 is 1.33 bits per heavy atom. The van der Waals surface area contributed by atoms with Gasteiger partial charge in [0.1, 0.15) is 0 Å². The summed E-state index contributed by atoms with van der Waals surface area (Å²) in [6, 6.07) is 7.48. The molecule has 0 saturated carbocycles. The van der Waals surface area contributed by atoms with Crippen molar-refractivity contribution >= 4 is 29.3 Å². The molecule has 0 bridgehead atoms. The zero-order valence-corrected chi connectivity index (χ0v) is 11.2. The highest BCUT2D eigenvalue weighted by molar-refractivity contribution is 7.98. The Kier molecular flexibility index (Phi) is 5.67. The Hall–Kier alpha value is -1.53. The summed E-state index contributed by atoms with van der Waals surface area (Å²) in [5.74, 6) is -1.17. The Labute approximate surface area is 110 Å². The molecule has 1 aromatic carbocycles. The van der Waals surface area contributed by atoms with E-state index < -0.39 is 5.97 Å². The van der Waals surface area contributed by atoms with Gasteiger partial charge in [0, 0.05) is 4.90 Å². The van der Waals surface area contributed by atoms with E-state index in [2.05, 4.69) is 5.32 Å². The van der Waals surface area contributed by atoms with Crippen LogP contribution in [0, 0.1) is 0 Å². The van der Waals surface area contributed by atoms with E-state index >= 15 is 0 Å². The number of benzene rings is 1. The van der Waals surface area contributed by atoms with E-state index in [0.29, 0.717) is 0 Å². The van der Waals surface area contributed by atoms with Gasteiger partial charge in [-0.25, -0.2) is 0 Å². The van der Waals surface area contributed by atoms with Gasteiger partial charge in [-0.15, -0.1) is 11.8 Å². The van der Waals surface area contributed by atoms with Crippen molar-refractivity contribution < 1.29 is 14.7 Å². The summed E-state index contributed by atoms with van der Waals surface area (Å²) >= 11 is 1.54. The summed E-state index contributed by atoms with van der Waals surface area (Å²) in [5.41, 5.74) is 0.749. The average Bonchev–Trinajstić information content (AvgIpc) is 2.28. The molecule has 0 aliphatic rings. The summed E-state index contributed by atoms with van der Waals surface area (Å²) in [6.45, 7) is -0.105. The van der Waals surface area contributed by atoms with Crippen LogP contribution in [0.15, 0.2) is 29.2 Å². The number of thioether (sulfide) groups is 1. The summed E-state index contributed by atoms with van der Waals surface area (Å²) in [4.78, 5) is 24.6. The molecule has 0 aliphatic carbocycles. The highest BCUT2D eigenvalue weighted by Crippen LogP contribution is 2.24. The minimum Gasteiger partial charge on any atom is -0.480 e. The highest BCUT2D eigenvalue weighted by Gasteiger charge is 2.11. The third-order valence-electron chi connectivity index (χ3n) is 2.20. The lowest BCUT2D eigenvalue weighted by molar-refractivity contribution is -0.138. The topological polar surface area (TPSA) is 69.6 Å². The fraction of sp³-hybridized carbons (Fsp3) is 0.333. The number of aliphatic carboxylic acids is 1. The number of anilines is 1. The van der Waals surface area contributed by atoms with Gasteiger partial charge in [0.05, 0.1) is 18.8 Å². The standard InChI is InChI=1S/C12H16N2O3S/c1-14(8-12(16)17)7-11(15)13-9-5-3-4-6-10(9)18-2/h3-6H,7-8H2,1-2H3,(H,13,15)(H,16,17). The molecule has 1 rings (SSSR count). The molecule has 1 aromatic rings. The van der Waals surface area contributed by atoms with Crippen LogP contribution in [0.2, 0.25) is 0 Å². The van der Waals surface area contributed by atoms with Gasteiger partial charge < -0.3 is 10.4 Å². The fourth-order valence-corrected chi connectivity index (χ4v) is 2.02. The van der Waals surface area contributed by atoms with Crippen LogP contribution in [0.25, 0.3) is 0 Å². The van der Waals surface area contributed by atoms with Crippen LogP contribution >= 0.6 is 11.8 Å². The molecule has 0 saturated heterocycles. The maximum Gasteiger partial charge on any atom is 0.317 e. The van der Waals surface area contributed by atoms with Gasteiger partial charge >= 0.3 is 5.97 Å². The Bertz CT molecular complexity index is 437. The summed E-state index contributed by atoms with van der Waals surface area (Å²) < 4.78 is 0.